The Morgan fingerprint density at radius 3 is 2.67 bits per heavy atom. The summed E-state index contributed by atoms with van der Waals surface area (Å²) in [6.45, 7) is 6.25. The highest BCUT2D eigenvalue weighted by Crippen LogP contribution is 2.20. The molecule has 2 rings (SSSR count). The molecule has 27 heavy (non-hydrogen) atoms. The maximum atomic E-state index is 13.6. The van der Waals surface area contributed by atoms with Gasteiger partial charge in [0.15, 0.2) is 5.96 Å². The molecule has 0 aromatic heterocycles. The van der Waals surface area contributed by atoms with Crippen LogP contribution in [-0.4, -0.2) is 69.8 Å². The average molecular weight is 379 g/mol. The first kappa shape index (κ1) is 21.6. The predicted octanol–water partition coefficient (Wildman–Crippen LogP) is 3.14. The molecule has 6 heteroatoms. The molecule has 0 radical (unpaired) electrons. The minimum atomic E-state index is -0.205. The van der Waals surface area contributed by atoms with Gasteiger partial charge in [-0.25, -0.2) is 4.39 Å². The third-order valence-electron chi connectivity index (χ3n) is 5.18. The fraction of sp³-hybridized carbons (Fsp3) is 0.667. The smallest absolute Gasteiger partial charge is 0.193 e. The van der Waals surface area contributed by atoms with E-state index < -0.39 is 0 Å². The fourth-order valence-electron chi connectivity index (χ4n) is 3.44. The van der Waals surface area contributed by atoms with E-state index in [0.29, 0.717) is 6.54 Å². The van der Waals surface area contributed by atoms with Crippen molar-refractivity contribution in [3.8, 4) is 0 Å². The molecule has 1 unspecified atom stereocenters. The molecule has 0 spiro atoms. The number of aliphatic imine (C=N–C) groups is 1. The van der Waals surface area contributed by atoms with Crippen LogP contribution in [0.5, 0.6) is 0 Å². The third kappa shape index (κ3) is 7.11. The second-order valence-corrected chi connectivity index (χ2v) is 7.50. The van der Waals surface area contributed by atoms with E-state index in [4.69, 9.17) is 9.73 Å². The molecule has 0 amide bonds. The molecule has 1 aromatic carbocycles. The number of nitrogens with zero attached hydrogens (tertiary/aromatic N) is 3. The largest absolute Gasteiger partial charge is 0.381 e. The molecular weight excluding hydrogens is 343 g/mol. The Hall–Kier alpha value is -1.66. The maximum absolute atomic E-state index is 13.6. The number of nitrogens with one attached hydrogen (secondary N) is 1. The Bertz CT molecular complexity index is 587. The van der Waals surface area contributed by atoms with E-state index >= 15 is 0 Å². The van der Waals surface area contributed by atoms with Gasteiger partial charge in [-0.3, -0.25) is 4.99 Å². The summed E-state index contributed by atoms with van der Waals surface area (Å²) in [5.74, 6) is 1.45. The van der Waals surface area contributed by atoms with Crippen molar-refractivity contribution in [3.63, 3.8) is 0 Å². The summed E-state index contributed by atoms with van der Waals surface area (Å²) >= 11 is 0. The van der Waals surface area contributed by atoms with Crippen molar-refractivity contribution in [3.05, 3.63) is 35.6 Å². The van der Waals surface area contributed by atoms with Crippen molar-refractivity contribution in [1.82, 2.24) is 15.1 Å². The van der Waals surface area contributed by atoms with Crippen molar-refractivity contribution in [2.45, 2.75) is 32.2 Å². The van der Waals surface area contributed by atoms with Crippen LogP contribution in [0.1, 0.15) is 37.8 Å². The van der Waals surface area contributed by atoms with Crippen LogP contribution in [0.2, 0.25) is 0 Å². The van der Waals surface area contributed by atoms with Gasteiger partial charge in [0.1, 0.15) is 5.82 Å². The number of benzene rings is 1. The lowest BCUT2D eigenvalue weighted by molar-refractivity contribution is 0.0625. The van der Waals surface area contributed by atoms with Gasteiger partial charge in [0, 0.05) is 33.4 Å². The van der Waals surface area contributed by atoms with Crippen molar-refractivity contribution >= 4 is 5.96 Å². The van der Waals surface area contributed by atoms with Gasteiger partial charge >= 0.3 is 0 Å². The van der Waals surface area contributed by atoms with Gasteiger partial charge in [-0.15, -0.1) is 0 Å². The fourth-order valence-corrected chi connectivity index (χ4v) is 3.44. The first-order chi connectivity index (χ1) is 13.0. The quantitative estimate of drug-likeness (QED) is 0.557. The van der Waals surface area contributed by atoms with Crippen molar-refractivity contribution < 1.29 is 9.13 Å². The summed E-state index contributed by atoms with van der Waals surface area (Å²) in [6, 6.07) is 6.84. The molecule has 0 aliphatic carbocycles. The van der Waals surface area contributed by atoms with Crippen LogP contribution in [0, 0.1) is 11.7 Å². The predicted molar refractivity (Wildman–Crippen MR) is 110 cm³/mol. The summed E-state index contributed by atoms with van der Waals surface area (Å²) in [5.41, 5.74) is 0.949. The highest BCUT2D eigenvalue weighted by molar-refractivity contribution is 5.79. The molecule has 1 saturated heterocycles. The lowest BCUT2D eigenvalue weighted by Gasteiger charge is -2.28. The summed E-state index contributed by atoms with van der Waals surface area (Å²) < 4.78 is 19.1. The molecular formula is C21H35FN4O. The van der Waals surface area contributed by atoms with Gasteiger partial charge in [0.05, 0.1) is 12.6 Å². The zero-order valence-corrected chi connectivity index (χ0v) is 17.2. The SMILES string of the molecule is CCNC(=NCC(c1cccc(F)c1)N(C)C)N(C)CCC1CCOCC1. The Balaban J connectivity index is 2.00. The Labute approximate surface area is 163 Å². The Morgan fingerprint density at radius 1 is 1.30 bits per heavy atom. The van der Waals surface area contributed by atoms with Crippen LogP contribution in [0.4, 0.5) is 4.39 Å². The van der Waals surface area contributed by atoms with Crippen molar-refractivity contribution in [2.24, 2.45) is 10.9 Å². The van der Waals surface area contributed by atoms with Crippen LogP contribution >= 0.6 is 0 Å². The Kier molecular flexibility index (Phi) is 9.01. The molecule has 1 heterocycles. The zero-order valence-electron chi connectivity index (χ0n) is 17.2. The molecule has 1 aliphatic heterocycles. The number of hydrogen-bond donors (Lipinski definition) is 1. The van der Waals surface area contributed by atoms with Crippen LogP contribution in [0.3, 0.4) is 0 Å². The van der Waals surface area contributed by atoms with Gasteiger partial charge in [0.2, 0.25) is 0 Å². The number of ether oxygens (including phenoxy) is 1. The molecule has 1 aromatic rings. The first-order valence-electron chi connectivity index (χ1n) is 10.00. The molecule has 152 valence electrons. The van der Waals surface area contributed by atoms with Crippen molar-refractivity contribution in [1.29, 1.82) is 0 Å². The summed E-state index contributed by atoms with van der Waals surface area (Å²) in [5, 5.41) is 3.39. The van der Waals surface area contributed by atoms with Crippen LogP contribution in [-0.2, 0) is 4.74 Å². The molecule has 5 nitrogen and oxygen atoms in total. The van der Waals surface area contributed by atoms with Crippen LogP contribution in [0.25, 0.3) is 0 Å². The van der Waals surface area contributed by atoms with Gasteiger partial charge in [-0.05, 0) is 63.9 Å². The highest BCUT2D eigenvalue weighted by Gasteiger charge is 2.17. The number of hydrogen-bond acceptors (Lipinski definition) is 3. The molecule has 1 fully saturated rings. The van der Waals surface area contributed by atoms with E-state index in [1.54, 1.807) is 12.1 Å². The van der Waals surface area contributed by atoms with E-state index in [2.05, 4.69) is 29.1 Å². The van der Waals surface area contributed by atoms with E-state index in [1.807, 2.05) is 20.2 Å². The van der Waals surface area contributed by atoms with E-state index in [1.165, 1.54) is 6.07 Å². The number of halogens is 1. The van der Waals surface area contributed by atoms with E-state index in [9.17, 15) is 4.39 Å². The molecule has 1 aliphatic rings. The highest BCUT2D eigenvalue weighted by atomic mass is 19.1. The van der Waals surface area contributed by atoms with E-state index in [-0.39, 0.29) is 11.9 Å². The lowest BCUT2D eigenvalue weighted by atomic mass is 9.96. The number of guanidine groups is 1. The second kappa shape index (κ2) is 11.2. The van der Waals surface area contributed by atoms with Crippen LogP contribution in [0.15, 0.2) is 29.3 Å². The monoisotopic (exact) mass is 378 g/mol. The number of rotatable bonds is 8. The maximum Gasteiger partial charge on any atom is 0.193 e. The minimum Gasteiger partial charge on any atom is -0.381 e. The van der Waals surface area contributed by atoms with E-state index in [0.717, 1.165) is 63.0 Å². The minimum absolute atomic E-state index is 0.0400. The normalized spacial score (nSPS) is 17.2. The molecule has 0 saturated carbocycles. The summed E-state index contributed by atoms with van der Waals surface area (Å²) in [6.07, 6.45) is 3.47. The lowest BCUT2D eigenvalue weighted by Crippen LogP contribution is -2.40. The van der Waals surface area contributed by atoms with Gasteiger partial charge in [-0.1, -0.05) is 12.1 Å². The van der Waals surface area contributed by atoms with Crippen LogP contribution < -0.4 is 5.32 Å². The summed E-state index contributed by atoms with van der Waals surface area (Å²) in [4.78, 5) is 9.14. The third-order valence-corrected chi connectivity index (χ3v) is 5.18. The zero-order chi connectivity index (χ0) is 19.6. The topological polar surface area (TPSA) is 40.1 Å². The second-order valence-electron chi connectivity index (χ2n) is 7.50. The average Bonchev–Trinajstić information content (AvgIpc) is 2.66. The standard InChI is InChI=1S/C21H35FN4O/c1-5-23-21(26(4)12-9-17-10-13-27-14-11-17)24-16-20(25(2)3)18-7-6-8-19(22)15-18/h6-8,15,17,20H,5,9-14,16H2,1-4H3,(H,23,24). The molecule has 1 atom stereocenters. The van der Waals surface area contributed by atoms with Gasteiger partial charge < -0.3 is 19.9 Å². The summed E-state index contributed by atoms with van der Waals surface area (Å²) in [7, 11) is 6.10. The first-order valence-corrected chi connectivity index (χ1v) is 10.00. The molecule has 0 bridgehead atoms. The van der Waals surface area contributed by atoms with Gasteiger partial charge in [-0.2, -0.15) is 0 Å². The van der Waals surface area contributed by atoms with Crippen molar-refractivity contribution in [2.75, 3.05) is 54.0 Å². The Morgan fingerprint density at radius 2 is 2.04 bits per heavy atom. The number of likely N-dealkylation sites (N-methyl/N-ethyl adjacent to an activating group) is 1. The molecule has 1 N–H and O–H groups in total. The van der Waals surface area contributed by atoms with Gasteiger partial charge in [0.25, 0.3) is 0 Å².